The lowest BCUT2D eigenvalue weighted by atomic mass is 9.97. The first-order chi connectivity index (χ1) is 7.50. The molecule has 3 nitrogen and oxygen atoms in total. The summed E-state index contributed by atoms with van der Waals surface area (Å²) in [5, 5.41) is 9.02. The van der Waals surface area contributed by atoms with Gasteiger partial charge in [0.1, 0.15) is 9.64 Å². The SMILES string of the molecule is O=C(O)CC(C=C(Cl)Cl)c1cccnc1Cl. The first-order valence-electron chi connectivity index (χ1n) is 4.35. The monoisotopic (exact) mass is 279 g/mol. The number of carboxylic acid groups (broad SMARTS) is 1. The van der Waals surface area contributed by atoms with Crippen LogP contribution in [-0.4, -0.2) is 16.1 Å². The number of aliphatic carboxylic acids is 1. The van der Waals surface area contributed by atoms with E-state index in [9.17, 15) is 4.79 Å². The molecule has 0 saturated carbocycles. The van der Waals surface area contributed by atoms with Crippen molar-refractivity contribution >= 4 is 40.8 Å². The molecule has 0 saturated heterocycles. The van der Waals surface area contributed by atoms with Crippen LogP contribution in [0, 0.1) is 0 Å². The summed E-state index contributed by atoms with van der Waals surface area (Å²) >= 11 is 16.9. The summed E-state index contributed by atoms with van der Waals surface area (Å²) in [6.45, 7) is 0. The van der Waals surface area contributed by atoms with E-state index in [1.807, 2.05) is 0 Å². The average molecular weight is 281 g/mol. The van der Waals surface area contributed by atoms with E-state index < -0.39 is 11.9 Å². The van der Waals surface area contributed by atoms with Crippen LogP contribution in [0.2, 0.25) is 5.15 Å². The molecule has 0 aliphatic heterocycles. The lowest BCUT2D eigenvalue weighted by Gasteiger charge is -2.11. The van der Waals surface area contributed by atoms with Crippen LogP contribution in [-0.2, 0) is 4.79 Å². The first kappa shape index (κ1) is 13.3. The molecule has 0 fully saturated rings. The summed E-state index contributed by atoms with van der Waals surface area (Å²) in [7, 11) is 0. The molecular weight excluding hydrogens is 272 g/mol. The highest BCUT2D eigenvalue weighted by Gasteiger charge is 2.17. The van der Waals surface area contributed by atoms with Crippen molar-refractivity contribution in [1.29, 1.82) is 0 Å². The van der Waals surface area contributed by atoms with Crippen LogP contribution in [0.5, 0.6) is 0 Å². The second-order valence-corrected chi connectivity index (χ2v) is 4.41. The Labute approximate surface area is 108 Å². The van der Waals surface area contributed by atoms with Gasteiger partial charge in [-0.3, -0.25) is 4.79 Å². The van der Waals surface area contributed by atoms with Crippen molar-refractivity contribution in [1.82, 2.24) is 4.98 Å². The summed E-state index contributed by atoms with van der Waals surface area (Å²) in [4.78, 5) is 14.6. The molecule has 0 amide bonds. The summed E-state index contributed by atoms with van der Waals surface area (Å²) in [5.74, 6) is -1.44. The van der Waals surface area contributed by atoms with Gasteiger partial charge in [0.05, 0.1) is 6.42 Å². The molecule has 0 radical (unpaired) electrons. The molecule has 1 unspecified atom stereocenters. The fourth-order valence-electron chi connectivity index (χ4n) is 1.27. The molecule has 6 heteroatoms. The third-order valence-corrected chi connectivity index (χ3v) is 2.48. The number of carbonyl (C=O) groups is 1. The second-order valence-electron chi connectivity index (χ2n) is 3.04. The van der Waals surface area contributed by atoms with E-state index in [1.54, 1.807) is 12.1 Å². The highest BCUT2D eigenvalue weighted by molar-refractivity contribution is 6.55. The van der Waals surface area contributed by atoms with Crippen molar-refractivity contribution < 1.29 is 9.90 Å². The highest BCUT2D eigenvalue weighted by Crippen LogP contribution is 2.29. The number of halogens is 3. The lowest BCUT2D eigenvalue weighted by molar-refractivity contribution is -0.137. The molecule has 0 aliphatic carbocycles. The highest BCUT2D eigenvalue weighted by atomic mass is 35.5. The maximum Gasteiger partial charge on any atom is 0.304 e. The van der Waals surface area contributed by atoms with E-state index in [2.05, 4.69) is 4.98 Å². The average Bonchev–Trinajstić information content (AvgIpc) is 2.15. The van der Waals surface area contributed by atoms with Crippen LogP contribution in [0.25, 0.3) is 0 Å². The van der Waals surface area contributed by atoms with E-state index in [0.717, 1.165) is 0 Å². The zero-order chi connectivity index (χ0) is 12.1. The van der Waals surface area contributed by atoms with E-state index in [-0.39, 0.29) is 16.1 Å². The summed E-state index contributed by atoms with van der Waals surface area (Å²) in [5.41, 5.74) is 0.588. The van der Waals surface area contributed by atoms with Gasteiger partial charge in [0.2, 0.25) is 0 Å². The van der Waals surface area contributed by atoms with Gasteiger partial charge in [0.15, 0.2) is 0 Å². The van der Waals surface area contributed by atoms with Crippen LogP contribution >= 0.6 is 34.8 Å². The van der Waals surface area contributed by atoms with Crippen LogP contribution in [0.15, 0.2) is 28.9 Å². The smallest absolute Gasteiger partial charge is 0.304 e. The third kappa shape index (κ3) is 4.00. The number of pyridine rings is 1. The fourth-order valence-corrected chi connectivity index (χ4v) is 1.84. The zero-order valence-corrected chi connectivity index (χ0v) is 10.3. The molecule has 86 valence electrons. The van der Waals surface area contributed by atoms with Crippen LogP contribution in [0.1, 0.15) is 17.9 Å². The van der Waals surface area contributed by atoms with Gasteiger partial charge in [-0.15, -0.1) is 0 Å². The molecule has 0 aromatic carbocycles. The molecule has 1 rings (SSSR count). The zero-order valence-electron chi connectivity index (χ0n) is 8.03. The van der Waals surface area contributed by atoms with E-state index in [4.69, 9.17) is 39.9 Å². The molecule has 1 heterocycles. The summed E-state index contributed by atoms with van der Waals surface area (Å²) < 4.78 is 0.00571. The molecule has 0 aliphatic rings. The van der Waals surface area contributed by atoms with Gasteiger partial charge in [-0.1, -0.05) is 40.9 Å². The molecule has 1 aromatic rings. The predicted octanol–water partition coefficient (Wildman–Crippen LogP) is 3.61. The molecule has 16 heavy (non-hydrogen) atoms. The van der Waals surface area contributed by atoms with Crippen molar-refractivity contribution in [2.24, 2.45) is 0 Å². The lowest BCUT2D eigenvalue weighted by Crippen LogP contribution is -2.05. The maximum absolute atomic E-state index is 10.7. The predicted molar refractivity (Wildman–Crippen MR) is 64.0 cm³/mol. The van der Waals surface area contributed by atoms with Crippen molar-refractivity contribution in [3.8, 4) is 0 Å². The minimum absolute atomic E-state index is 0.00571. The Balaban J connectivity index is 3.06. The number of aromatic nitrogens is 1. The van der Waals surface area contributed by atoms with Crippen LogP contribution in [0.4, 0.5) is 0 Å². The molecule has 1 aromatic heterocycles. The summed E-state index contributed by atoms with van der Waals surface area (Å²) in [6, 6.07) is 3.36. The number of hydrogen-bond acceptors (Lipinski definition) is 2. The van der Waals surface area contributed by atoms with E-state index in [0.29, 0.717) is 5.56 Å². The van der Waals surface area contributed by atoms with Crippen molar-refractivity contribution in [3.05, 3.63) is 39.6 Å². The fraction of sp³-hybridized carbons (Fsp3) is 0.200. The Hall–Kier alpha value is -0.770. The number of hydrogen-bond donors (Lipinski definition) is 1. The minimum Gasteiger partial charge on any atom is -0.481 e. The first-order valence-corrected chi connectivity index (χ1v) is 5.49. The van der Waals surface area contributed by atoms with Crippen molar-refractivity contribution in [2.75, 3.05) is 0 Å². The topological polar surface area (TPSA) is 50.2 Å². The number of nitrogens with zero attached hydrogens (tertiary/aromatic N) is 1. The van der Waals surface area contributed by atoms with Gasteiger partial charge in [-0.05, 0) is 17.7 Å². The van der Waals surface area contributed by atoms with Gasteiger partial charge in [0, 0.05) is 12.1 Å². The molecule has 1 atom stereocenters. The number of rotatable bonds is 4. The Morgan fingerprint density at radius 1 is 1.56 bits per heavy atom. The van der Waals surface area contributed by atoms with Crippen molar-refractivity contribution in [3.63, 3.8) is 0 Å². The van der Waals surface area contributed by atoms with E-state index in [1.165, 1.54) is 12.3 Å². The molecule has 0 spiro atoms. The number of carboxylic acids is 1. The Morgan fingerprint density at radius 2 is 2.25 bits per heavy atom. The quantitative estimate of drug-likeness (QED) is 0.857. The maximum atomic E-state index is 10.7. The largest absolute Gasteiger partial charge is 0.481 e. The molecular formula is C10H8Cl3NO2. The standard InChI is InChI=1S/C10H8Cl3NO2/c11-8(12)4-6(5-9(15)16)7-2-1-3-14-10(7)13/h1-4,6H,5H2,(H,15,16). The van der Waals surface area contributed by atoms with Crippen LogP contribution in [0.3, 0.4) is 0 Å². The number of allylic oxidation sites excluding steroid dienone is 1. The second kappa shape index (κ2) is 6.09. The van der Waals surface area contributed by atoms with Crippen molar-refractivity contribution in [2.45, 2.75) is 12.3 Å². The Kier molecular flexibility index (Phi) is 5.06. The van der Waals surface area contributed by atoms with Crippen LogP contribution < -0.4 is 0 Å². The van der Waals surface area contributed by atoms with Gasteiger partial charge < -0.3 is 5.11 Å². The van der Waals surface area contributed by atoms with Gasteiger partial charge >= 0.3 is 5.97 Å². The van der Waals surface area contributed by atoms with Gasteiger partial charge in [0.25, 0.3) is 0 Å². The third-order valence-electron chi connectivity index (χ3n) is 1.91. The molecule has 0 bridgehead atoms. The molecule has 1 N–H and O–H groups in total. The van der Waals surface area contributed by atoms with E-state index >= 15 is 0 Å². The normalized spacial score (nSPS) is 11.9. The Bertz CT molecular complexity index is 416. The summed E-state index contributed by atoms with van der Waals surface area (Å²) in [6.07, 6.45) is 2.81. The Morgan fingerprint density at radius 3 is 2.75 bits per heavy atom. The van der Waals surface area contributed by atoms with Gasteiger partial charge in [-0.25, -0.2) is 4.98 Å². The van der Waals surface area contributed by atoms with Gasteiger partial charge in [-0.2, -0.15) is 0 Å². The minimum atomic E-state index is -0.962.